The molecule has 31 heavy (non-hydrogen) atoms. The highest BCUT2D eigenvalue weighted by molar-refractivity contribution is 7.92. The molecule has 4 rings (SSSR count). The standard InChI is InChI=1S/C22H22FN3O3S2/c23-19-6-1-2-7-20(19)25-31(28,29)18-5-3-4-16(14-18)22(27)24-10-12-26-11-8-21-17(15-26)9-13-30-21/h1-7,9,13-14,25H,8,10-12,15H2,(H,24,27). The van der Waals surface area contributed by atoms with Crippen LogP contribution in [0.5, 0.6) is 0 Å². The number of para-hydroxylation sites is 1. The molecule has 0 radical (unpaired) electrons. The van der Waals surface area contributed by atoms with E-state index in [0.717, 1.165) is 19.5 Å². The van der Waals surface area contributed by atoms with Gasteiger partial charge in [-0.3, -0.25) is 14.4 Å². The highest BCUT2D eigenvalue weighted by Gasteiger charge is 2.19. The Kier molecular flexibility index (Phi) is 6.35. The van der Waals surface area contributed by atoms with E-state index in [4.69, 9.17) is 0 Å². The number of thiophene rings is 1. The molecule has 1 aromatic heterocycles. The first-order chi connectivity index (χ1) is 14.9. The number of fused-ring (bicyclic) bond motifs is 1. The number of hydrogen-bond donors (Lipinski definition) is 2. The lowest BCUT2D eigenvalue weighted by molar-refractivity contribution is 0.0947. The number of nitrogens with zero attached hydrogens (tertiary/aromatic N) is 1. The summed E-state index contributed by atoms with van der Waals surface area (Å²) in [5.74, 6) is -1.02. The monoisotopic (exact) mass is 459 g/mol. The Morgan fingerprint density at radius 2 is 1.97 bits per heavy atom. The van der Waals surface area contributed by atoms with Crippen LogP contribution in [-0.4, -0.2) is 38.9 Å². The van der Waals surface area contributed by atoms with Gasteiger partial charge in [-0.05, 0) is 53.8 Å². The van der Waals surface area contributed by atoms with Gasteiger partial charge in [0.15, 0.2) is 0 Å². The van der Waals surface area contributed by atoms with Crippen LogP contribution in [-0.2, 0) is 23.0 Å². The molecule has 9 heteroatoms. The third kappa shape index (κ3) is 5.12. The quantitative estimate of drug-likeness (QED) is 0.567. The van der Waals surface area contributed by atoms with Crippen molar-refractivity contribution in [2.24, 2.45) is 0 Å². The molecule has 1 aliphatic heterocycles. The molecule has 0 saturated heterocycles. The lowest BCUT2D eigenvalue weighted by Crippen LogP contribution is -2.37. The van der Waals surface area contributed by atoms with E-state index in [2.05, 4.69) is 26.4 Å². The molecule has 6 nitrogen and oxygen atoms in total. The maximum absolute atomic E-state index is 13.8. The molecule has 0 unspecified atom stereocenters. The van der Waals surface area contributed by atoms with Crippen LogP contribution in [0.4, 0.5) is 10.1 Å². The zero-order valence-electron chi connectivity index (χ0n) is 16.7. The van der Waals surface area contributed by atoms with Crippen LogP contribution in [0.25, 0.3) is 0 Å². The molecular weight excluding hydrogens is 437 g/mol. The molecular formula is C22H22FN3O3S2. The van der Waals surface area contributed by atoms with E-state index < -0.39 is 15.8 Å². The summed E-state index contributed by atoms with van der Waals surface area (Å²) in [6.07, 6.45) is 1.02. The number of amides is 1. The van der Waals surface area contributed by atoms with Gasteiger partial charge in [-0.25, -0.2) is 12.8 Å². The summed E-state index contributed by atoms with van der Waals surface area (Å²) < 4.78 is 41.3. The number of carbonyl (C=O) groups is 1. The van der Waals surface area contributed by atoms with E-state index >= 15 is 0 Å². The average molecular weight is 460 g/mol. The molecule has 0 atom stereocenters. The first kappa shape index (κ1) is 21.5. The summed E-state index contributed by atoms with van der Waals surface area (Å²) in [6, 6.07) is 13.4. The maximum Gasteiger partial charge on any atom is 0.262 e. The Morgan fingerprint density at radius 1 is 1.13 bits per heavy atom. The predicted molar refractivity (Wildman–Crippen MR) is 119 cm³/mol. The van der Waals surface area contributed by atoms with Crippen LogP contribution in [0.3, 0.4) is 0 Å². The van der Waals surface area contributed by atoms with Gasteiger partial charge in [0.05, 0.1) is 10.6 Å². The van der Waals surface area contributed by atoms with Crippen molar-refractivity contribution in [3.05, 3.63) is 81.8 Å². The number of anilines is 1. The van der Waals surface area contributed by atoms with Gasteiger partial charge in [-0.2, -0.15) is 0 Å². The van der Waals surface area contributed by atoms with Crippen LogP contribution in [0.1, 0.15) is 20.8 Å². The molecule has 162 valence electrons. The molecule has 3 aromatic rings. The van der Waals surface area contributed by atoms with Crippen molar-refractivity contribution in [1.29, 1.82) is 0 Å². The molecule has 0 saturated carbocycles. The van der Waals surface area contributed by atoms with E-state index in [1.165, 1.54) is 52.9 Å². The van der Waals surface area contributed by atoms with Gasteiger partial charge >= 0.3 is 0 Å². The fourth-order valence-electron chi connectivity index (χ4n) is 3.48. The highest BCUT2D eigenvalue weighted by Crippen LogP contribution is 2.23. The Labute approximate surface area is 184 Å². The maximum atomic E-state index is 13.8. The van der Waals surface area contributed by atoms with Crippen LogP contribution >= 0.6 is 11.3 Å². The van der Waals surface area contributed by atoms with Gasteiger partial charge in [0.1, 0.15) is 5.82 Å². The topological polar surface area (TPSA) is 78.5 Å². The first-order valence-corrected chi connectivity index (χ1v) is 12.2. The van der Waals surface area contributed by atoms with Crippen molar-refractivity contribution in [3.8, 4) is 0 Å². The van der Waals surface area contributed by atoms with E-state index in [-0.39, 0.29) is 22.1 Å². The summed E-state index contributed by atoms with van der Waals surface area (Å²) in [4.78, 5) is 16.1. The zero-order valence-corrected chi connectivity index (χ0v) is 18.3. The third-order valence-electron chi connectivity index (χ3n) is 5.13. The van der Waals surface area contributed by atoms with Gasteiger partial charge in [0.25, 0.3) is 15.9 Å². The molecule has 0 bridgehead atoms. The van der Waals surface area contributed by atoms with Gasteiger partial charge in [-0.1, -0.05) is 18.2 Å². The minimum Gasteiger partial charge on any atom is -0.351 e. The Morgan fingerprint density at radius 3 is 2.81 bits per heavy atom. The van der Waals surface area contributed by atoms with Gasteiger partial charge in [0.2, 0.25) is 0 Å². The van der Waals surface area contributed by atoms with Crippen molar-refractivity contribution in [1.82, 2.24) is 10.2 Å². The number of hydrogen-bond acceptors (Lipinski definition) is 5. The van der Waals surface area contributed by atoms with E-state index in [1.54, 1.807) is 17.4 Å². The molecule has 2 heterocycles. The second-order valence-electron chi connectivity index (χ2n) is 7.26. The second kappa shape index (κ2) is 9.17. The van der Waals surface area contributed by atoms with Crippen molar-refractivity contribution in [3.63, 3.8) is 0 Å². The van der Waals surface area contributed by atoms with Crippen LogP contribution in [0, 0.1) is 5.82 Å². The van der Waals surface area contributed by atoms with Crippen molar-refractivity contribution >= 4 is 33.0 Å². The summed E-state index contributed by atoms with van der Waals surface area (Å²) >= 11 is 1.79. The normalized spacial score (nSPS) is 14.1. The summed E-state index contributed by atoms with van der Waals surface area (Å²) in [6.45, 7) is 3.01. The Hall–Kier alpha value is -2.75. The average Bonchev–Trinajstić information content (AvgIpc) is 3.23. The number of rotatable bonds is 7. The van der Waals surface area contributed by atoms with Crippen molar-refractivity contribution < 1.29 is 17.6 Å². The largest absolute Gasteiger partial charge is 0.351 e. The van der Waals surface area contributed by atoms with Gasteiger partial charge in [-0.15, -0.1) is 11.3 Å². The van der Waals surface area contributed by atoms with E-state index in [0.29, 0.717) is 13.1 Å². The predicted octanol–water partition coefficient (Wildman–Crippen LogP) is 3.48. The van der Waals surface area contributed by atoms with E-state index in [9.17, 15) is 17.6 Å². The fourth-order valence-corrected chi connectivity index (χ4v) is 5.48. The number of benzene rings is 2. The second-order valence-corrected chi connectivity index (χ2v) is 9.95. The molecule has 0 spiro atoms. The number of carbonyl (C=O) groups excluding carboxylic acids is 1. The van der Waals surface area contributed by atoms with Crippen LogP contribution in [0.2, 0.25) is 0 Å². The minimum atomic E-state index is -4.03. The van der Waals surface area contributed by atoms with Crippen molar-refractivity contribution in [2.45, 2.75) is 17.9 Å². The fraction of sp³-hybridized carbons (Fsp3) is 0.227. The summed E-state index contributed by atoms with van der Waals surface area (Å²) in [5.41, 5.74) is 1.44. The Balaban J connectivity index is 1.36. The molecule has 0 fully saturated rings. The van der Waals surface area contributed by atoms with Crippen molar-refractivity contribution in [2.75, 3.05) is 24.4 Å². The summed E-state index contributed by atoms with van der Waals surface area (Å²) in [5, 5.41) is 4.96. The molecule has 1 aliphatic rings. The number of nitrogens with one attached hydrogen (secondary N) is 2. The summed E-state index contributed by atoms with van der Waals surface area (Å²) in [7, 11) is -4.03. The highest BCUT2D eigenvalue weighted by atomic mass is 32.2. The zero-order chi connectivity index (χ0) is 21.8. The smallest absolute Gasteiger partial charge is 0.262 e. The number of sulfonamides is 1. The lowest BCUT2D eigenvalue weighted by Gasteiger charge is -2.26. The minimum absolute atomic E-state index is 0.107. The number of halogens is 1. The SMILES string of the molecule is O=C(NCCN1CCc2sccc2C1)c1cccc(S(=O)(=O)Nc2ccccc2F)c1. The molecule has 2 N–H and O–H groups in total. The molecule has 2 aromatic carbocycles. The van der Waals surface area contributed by atoms with Gasteiger partial charge < -0.3 is 5.32 Å². The first-order valence-electron chi connectivity index (χ1n) is 9.85. The lowest BCUT2D eigenvalue weighted by atomic mass is 10.1. The van der Waals surface area contributed by atoms with Crippen LogP contribution in [0.15, 0.2) is 64.9 Å². The molecule has 1 amide bonds. The van der Waals surface area contributed by atoms with Crippen LogP contribution < -0.4 is 10.0 Å². The van der Waals surface area contributed by atoms with Gasteiger partial charge in [0, 0.05) is 36.6 Å². The van der Waals surface area contributed by atoms with E-state index in [1.807, 2.05) is 0 Å². The molecule has 0 aliphatic carbocycles. The third-order valence-corrected chi connectivity index (χ3v) is 7.51. The Bertz CT molecular complexity index is 1190.